The first kappa shape index (κ1) is 22.8. The number of anilines is 2. The number of benzene rings is 2. The van der Waals surface area contributed by atoms with E-state index in [4.69, 9.17) is 15.6 Å². The Balaban J connectivity index is 0.000000219. The van der Waals surface area contributed by atoms with Crippen molar-refractivity contribution >= 4 is 39.7 Å². The summed E-state index contributed by atoms with van der Waals surface area (Å²) >= 11 is 1.41. The molecule has 0 radical (unpaired) electrons. The molecule has 0 unspecified atom stereocenters. The first-order valence-corrected chi connectivity index (χ1v) is 10.6. The normalized spacial score (nSPS) is 10.8. The van der Waals surface area contributed by atoms with Crippen LogP contribution in [0.25, 0.3) is 16.1 Å². The summed E-state index contributed by atoms with van der Waals surface area (Å²) in [5.74, 6) is -0.985. The van der Waals surface area contributed by atoms with Crippen LogP contribution < -0.4 is 11.1 Å². The van der Waals surface area contributed by atoms with Crippen molar-refractivity contribution in [2.45, 2.75) is 26.4 Å². The molecule has 0 atom stereocenters. The molecule has 0 spiro atoms. The number of thiazole rings is 1. The van der Waals surface area contributed by atoms with Gasteiger partial charge in [-0.1, -0.05) is 36.4 Å². The number of imidazole rings is 1. The highest BCUT2D eigenvalue weighted by atomic mass is 32.1. The number of amides is 1. The summed E-state index contributed by atoms with van der Waals surface area (Å²) in [4.78, 5) is 26.7. The number of hydrogen-bond donors (Lipinski definition) is 3. The van der Waals surface area contributed by atoms with Gasteiger partial charge in [0.2, 0.25) is 0 Å². The number of aromatic nitrogens is 2. The lowest BCUT2D eigenvalue weighted by Gasteiger charge is -2.20. The molecule has 8 nitrogen and oxygen atoms in total. The Hall–Kier alpha value is -3.85. The van der Waals surface area contributed by atoms with Crippen LogP contribution in [-0.4, -0.2) is 32.2 Å². The quantitative estimate of drug-likeness (QED) is 0.359. The minimum Gasteiger partial charge on any atom is -0.476 e. The van der Waals surface area contributed by atoms with Gasteiger partial charge >= 0.3 is 12.1 Å². The Bertz CT molecular complexity index is 1200. The number of nitrogens with zero attached hydrogens (tertiary/aromatic N) is 2. The van der Waals surface area contributed by atoms with E-state index in [1.165, 1.54) is 17.5 Å². The Morgan fingerprint density at radius 2 is 1.84 bits per heavy atom. The van der Waals surface area contributed by atoms with E-state index in [1.807, 2.05) is 68.6 Å². The molecule has 4 N–H and O–H groups in total. The average molecular weight is 453 g/mol. The zero-order valence-corrected chi connectivity index (χ0v) is 18.7. The smallest absolute Gasteiger partial charge is 0.412 e. The van der Waals surface area contributed by atoms with Crippen molar-refractivity contribution in [3.63, 3.8) is 0 Å². The number of carbonyl (C=O) groups excluding carboxylic acids is 1. The summed E-state index contributed by atoms with van der Waals surface area (Å²) in [5.41, 5.74) is 8.68. The monoisotopic (exact) mass is 452 g/mol. The first-order chi connectivity index (χ1) is 15.1. The van der Waals surface area contributed by atoms with Gasteiger partial charge in [0, 0.05) is 17.8 Å². The fraction of sp³-hybridized carbons (Fsp3) is 0.174. The van der Waals surface area contributed by atoms with Crippen LogP contribution in [0.5, 0.6) is 0 Å². The Labute approximate surface area is 189 Å². The lowest BCUT2D eigenvalue weighted by molar-refractivity contribution is 0.0634. The second-order valence-electron chi connectivity index (χ2n) is 7.82. The highest BCUT2D eigenvalue weighted by Gasteiger charge is 2.17. The number of rotatable bonds is 3. The summed E-state index contributed by atoms with van der Waals surface area (Å²) in [6.07, 6.45) is 2.76. The molecule has 2 aromatic carbocycles. The lowest BCUT2D eigenvalue weighted by atomic mass is 10.0. The van der Waals surface area contributed by atoms with Crippen LogP contribution in [0.2, 0.25) is 0 Å². The largest absolute Gasteiger partial charge is 0.476 e. The van der Waals surface area contributed by atoms with E-state index in [0.29, 0.717) is 16.3 Å². The molecule has 4 aromatic rings. The van der Waals surface area contributed by atoms with Gasteiger partial charge in [0.1, 0.15) is 5.60 Å². The summed E-state index contributed by atoms with van der Waals surface area (Å²) in [6, 6.07) is 15.5. The van der Waals surface area contributed by atoms with E-state index in [2.05, 4.69) is 10.3 Å². The molecule has 0 bridgehead atoms. The Morgan fingerprint density at radius 3 is 2.44 bits per heavy atom. The van der Waals surface area contributed by atoms with Crippen LogP contribution in [0, 0.1) is 0 Å². The molecule has 0 aliphatic rings. The molecule has 0 fully saturated rings. The number of carboxylic acid groups (broad SMARTS) is 1. The van der Waals surface area contributed by atoms with Crippen molar-refractivity contribution < 1.29 is 19.4 Å². The van der Waals surface area contributed by atoms with Crippen LogP contribution in [0.1, 0.15) is 31.3 Å². The van der Waals surface area contributed by atoms with Crippen LogP contribution >= 0.6 is 11.3 Å². The van der Waals surface area contributed by atoms with E-state index in [-0.39, 0.29) is 5.69 Å². The van der Waals surface area contributed by atoms with Crippen molar-refractivity contribution in [2.24, 2.45) is 0 Å². The van der Waals surface area contributed by atoms with E-state index < -0.39 is 17.7 Å². The van der Waals surface area contributed by atoms with Crippen LogP contribution in [0.15, 0.2) is 66.3 Å². The molecule has 0 saturated carbocycles. The Morgan fingerprint density at radius 1 is 1.12 bits per heavy atom. The number of ether oxygens (including phenoxy) is 1. The molecule has 0 saturated heterocycles. The van der Waals surface area contributed by atoms with Gasteiger partial charge in [0.25, 0.3) is 0 Å². The molecule has 9 heteroatoms. The van der Waals surface area contributed by atoms with Gasteiger partial charge < -0.3 is 15.6 Å². The molecule has 32 heavy (non-hydrogen) atoms. The number of carboxylic acids is 1. The van der Waals surface area contributed by atoms with Crippen molar-refractivity contribution in [3.8, 4) is 11.1 Å². The summed E-state index contributed by atoms with van der Waals surface area (Å²) in [6.45, 7) is 5.44. The number of hydrogen-bond acceptors (Lipinski definition) is 6. The molecule has 0 aliphatic heterocycles. The van der Waals surface area contributed by atoms with Crippen LogP contribution in [0.4, 0.5) is 16.2 Å². The second-order valence-corrected chi connectivity index (χ2v) is 8.69. The number of nitrogens with two attached hydrogens (primary N) is 1. The van der Waals surface area contributed by atoms with Crippen molar-refractivity contribution in [2.75, 3.05) is 11.1 Å². The molecule has 2 aromatic heterocycles. The van der Waals surface area contributed by atoms with Crippen LogP contribution in [0.3, 0.4) is 0 Å². The zero-order chi connectivity index (χ0) is 23.3. The molecular formula is C23H24N4O4S. The molecule has 166 valence electrons. The van der Waals surface area contributed by atoms with Crippen LogP contribution in [-0.2, 0) is 4.74 Å². The molecular weight excluding hydrogens is 428 g/mol. The summed E-state index contributed by atoms with van der Waals surface area (Å²) in [7, 11) is 0. The highest BCUT2D eigenvalue weighted by molar-refractivity contribution is 7.15. The standard InChI is InChI=1S/C17H20N2O2.C6H4N2O2S/c1-17(2,3)21-16(20)19-15-10-9-13(11-14(15)18)12-7-5-4-6-8-12;9-5(10)4-3-8-1-2-11-6(8)7-4/h4-11H,18H2,1-3H3,(H,19,20);1-3H,(H,9,10). The third kappa shape index (κ3) is 6.08. The number of fused-ring (bicyclic) bond motifs is 1. The third-order valence-electron chi connectivity index (χ3n) is 4.11. The number of aromatic carboxylic acids is 1. The maximum absolute atomic E-state index is 11.7. The number of nitrogen functional groups attached to an aromatic ring is 1. The number of carbonyl (C=O) groups is 2. The first-order valence-electron chi connectivity index (χ1n) is 9.73. The second kappa shape index (κ2) is 9.52. The molecule has 4 rings (SSSR count). The average Bonchev–Trinajstić information content (AvgIpc) is 3.32. The molecule has 2 heterocycles. The van der Waals surface area contributed by atoms with E-state index in [1.54, 1.807) is 16.7 Å². The van der Waals surface area contributed by atoms with Gasteiger partial charge in [-0.05, 0) is 44.0 Å². The maximum Gasteiger partial charge on any atom is 0.412 e. The topological polar surface area (TPSA) is 119 Å². The SMILES string of the molecule is CC(C)(C)OC(=O)Nc1ccc(-c2ccccc2)cc1N.O=C(O)c1cn2ccsc2n1. The lowest BCUT2D eigenvalue weighted by Crippen LogP contribution is -2.27. The van der Waals surface area contributed by atoms with Gasteiger partial charge in [0.05, 0.1) is 11.4 Å². The van der Waals surface area contributed by atoms with Crippen molar-refractivity contribution in [1.82, 2.24) is 9.38 Å². The Kier molecular flexibility index (Phi) is 6.79. The number of nitrogens with one attached hydrogen (secondary N) is 1. The van der Waals surface area contributed by atoms with E-state index in [0.717, 1.165) is 11.1 Å². The predicted octanol–water partition coefficient (Wildman–Crippen LogP) is 5.38. The van der Waals surface area contributed by atoms with Gasteiger partial charge in [0.15, 0.2) is 10.7 Å². The van der Waals surface area contributed by atoms with Gasteiger partial charge in [-0.15, -0.1) is 11.3 Å². The maximum atomic E-state index is 11.7. The fourth-order valence-corrected chi connectivity index (χ4v) is 3.43. The van der Waals surface area contributed by atoms with Crippen molar-refractivity contribution in [1.29, 1.82) is 0 Å². The van der Waals surface area contributed by atoms with Gasteiger partial charge in [-0.3, -0.25) is 9.72 Å². The van der Waals surface area contributed by atoms with E-state index >= 15 is 0 Å². The fourth-order valence-electron chi connectivity index (χ4n) is 2.73. The van der Waals surface area contributed by atoms with Crippen molar-refractivity contribution in [3.05, 3.63) is 72.0 Å². The third-order valence-corrected chi connectivity index (χ3v) is 4.88. The van der Waals surface area contributed by atoms with Gasteiger partial charge in [-0.25, -0.2) is 14.6 Å². The molecule has 1 amide bonds. The zero-order valence-electron chi connectivity index (χ0n) is 17.9. The highest BCUT2D eigenvalue weighted by Crippen LogP contribution is 2.27. The van der Waals surface area contributed by atoms with E-state index in [9.17, 15) is 9.59 Å². The summed E-state index contributed by atoms with van der Waals surface area (Å²) in [5, 5.41) is 13.0. The van der Waals surface area contributed by atoms with Gasteiger partial charge in [-0.2, -0.15) is 0 Å². The predicted molar refractivity (Wildman–Crippen MR) is 126 cm³/mol. The molecule has 0 aliphatic carbocycles. The minimum absolute atomic E-state index is 0.0943. The summed E-state index contributed by atoms with van der Waals surface area (Å²) < 4.78 is 6.89. The minimum atomic E-state index is -0.985.